The number of hydrogen-bond acceptors (Lipinski definition) is 5. The van der Waals surface area contributed by atoms with E-state index in [1.54, 1.807) is 12.1 Å². The third-order valence-corrected chi connectivity index (χ3v) is 3.76. The van der Waals surface area contributed by atoms with Gasteiger partial charge in [-0.05, 0) is 32.0 Å². The zero-order valence-electron chi connectivity index (χ0n) is 12.2. The molecule has 0 aliphatic carbocycles. The highest BCUT2D eigenvalue weighted by Crippen LogP contribution is 2.24. The molecule has 0 amide bonds. The zero-order chi connectivity index (χ0) is 15.0. The average molecular weight is 286 g/mol. The van der Waals surface area contributed by atoms with E-state index >= 15 is 0 Å². The standard InChI is InChI=1S/C15H18N4O2/c1-15(2)10-18(8-7-16-15)14-6-3-11-9-12(19(20)21)4-5-13(11)17-14/h3-6,9,16H,7-8,10H2,1-2H3. The Morgan fingerprint density at radius 1 is 1.33 bits per heavy atom. The molecule has 0 unspecified atom stereocenters. The molecular formula is C15H18N4O2. The normalized spacial score (nSPS) is 17.9. The van der Waals surface area contributed by atoms with Crippen molar-refractivity contribution in [3.63, 3.8) is 0 Å². The summed E-state index contributed by atoms with van der Waals surface area (Å²) in [6.45, 7) is 7.06. The summed E-state index contributed by atoms with van der Waals surface area (Å²) in [5.74, 6) is 0.922. The van der Waals surface area contributed by atoms with Gasteiger partial charge in [0, 0.05) is 42.7 Å². The lowest BCUT2D eigenvalue weighted by Gasteiger charge is -2.39. The van der Waals surface area contributed by atoms with Gasteiger partial charge in [0.2, 0.25) is 0 Å². The second-order valence-corrected chi connectivity index (χ2v) is 6.04. The van der Waals surface area contributed by atoms with Crippen LogP contribution in [0, 0.1) is 10.1 Å². The summed E-state index contributed by atoms with van der Waals surface area (Å²) in [6, 6.07) is 8.62. The molecule has 1 aliphatic heterocycles. The first kappa shape index (κ1) is 13.8. The van der Waals surface area contributed by atoms with Gasteiger partial charge in [-0.3, -0.25) is 10.1 Å². The summed E-state index contributed by atoms with van der Waals surface area (Å²) in [5.41, 5.74) is 0.944. The molecule has 3 rings (SSSR count). The smallest absolute Gasteiger partial charge is 0.270 e. The summed E-state index contributed by atoms with van der Waals surface area (Å²) in [7, 11) is 0. The topological polar surface area (TPSA) is 71.3 Å². The summed E-state index contributed by atoms with van der Waals surface area (Å²) < 4.78 is 0. The van der Waals surface area contributed by atoms with E-state index in [1.807, 2.05) is 12.1 Å². The van der Waals surface area contributed by atoms with Crippen LogP contribution in [0.15, 0.2) is 30.3 Å². The number of nitrogens with zero attached hydrogens (tertiary/aromatic N) is 3. The van der Waals surface area contributed by atoms with Gasteiger partial charge < -0.3 is 10.2 Å². The number of rotatable bonds is 2. The molecule has 110 valence electrons. The number of piperazine rings is 1. The number of anilines is 1. The molecule has 2 aromatic rings. The van der Waals surface area contributed by atoms with Gasteiger partial charge in [0.05, 0.1) is 10.4 Å². The monoisotopic (exact) mass is 286 g/mol. The molecule has 1 N–H and O–H groups in total. The molecule has 1 aromatic heterocycles. The first-order chi connectivity index (χ1) is 9.94. The van der Waals surface area contributed by atoms with Crippen molar-refractivity contribution in [3.05, 3.63) is 40.4 Å². The number of non-ortho nitro benzene ring substituents is 1. The van der Waals surface area contributed by atoms with Crippen LogP contribution in [0.3, 0.4) is 0 Å². The van der Waals surface area contributed by atoms with Gasteiger partial charge >= 0.3 is 0 Å². The van der Waals surface area contributed by atoms with E-state index in [2.05, 4.69) is 29.0 Å². The highest BCUT2D eigenvalue weighted by atomic mass is 16.6. The lowest BCUT2D eigenvalue weighted by atomic mass is 10.0. The predicted molar refractivity (Wildman–Crippen MR) is 82.7 cm³/mol. The van der Waals surface area contributed by atoms with E-state index in [9.17, 15) is 10.1 Å². The van der Waals surface area contributed by atoms with Crippen molar-refractivity contribution in [1.29, 1.82) is 0 Å². The van der Waals surface area contributed by atoms with Crippen LogP contribution in [0.5, 0.6) is 0 Å². The van der Waals surface area contributed by atoms with Crippen LogP contribution in [0.2, 0.25) is 0 Å². The number of nitrogens with one attached hydrogen (secondary N) is 1. The number of nitro groups is 1. The van der Waals surface area contributed by atoms with Crippen molar-refractivity contribution >= 4 is 22.4 Å². The van der Waals surface area contributed by atoms with Gasteiger partial charge in [-0.1, -0.05) is 0 Å². The molecule has 1 aliphatic rings. The molecule has 1 aromatic carbocycles. The summed E-state index contributed by atoms with van der Waals surface area (Å²) in [4.78, 5) is 17.3. The molecule has 2 heterocycles. The quantitative estimate of drug-likeness (QED) is 0.677. The molecule has 21 heavy (non-hydrogen) atoms. The highest BCUT2D eigenvalue weighted by molar-refractivity contribution is 5.82. The van der Waals surface area contributed by atoms with Crippen molar-refractivity contribution in [2.75, 3.05) is 24.5 Å². The molecule has 6 nitrogen and oxygen atoms in total. The molecule has 0 bridgehead atoms. The Labute approximate surface area is 122 Å². The Kier molecular flexibility index (Phi) is 3.25. The van der Waals surface area contributed by atoms with Gasteiger partial charge in [0.25, 0.3) is 5.69 Å². The van der Waals surface area contributed by atoms with Gasteiger partial charge in [0.15, 0.2) is 0 Å². The molecule has 0 atom stereocenters. The zero-order valence-corrected chi connectivity index (χ0v) is 12.2. The number of aromatic nitrogens is 1. The molecule has 1 fully saturated rings. The van der Waals surface area contributed by atoms with Gasteiger partial charge in [-0.2, -0.15) is 0 Å². The van der Waals surface area contributed by atoms with Crippen LogP contribution >= 0.6 is 0 Å². The van der Waals surface area contributed by atoms with Gasteiger partial charge in [-0.15, -0.1) is 0 Å². The molecule has 0 radical (unpaired) electrons. The first-order valence-electron chi connectivity index (χ1n) is 7.00. The lowest BCUT2D eigenvalue weighted by Crippen LogP contribution is -2.57. The Morgan fingerprint density at radius 2 is 2.14 bits per heavy atom. The van der Waals surface area contributed by atoms with E-state index in [-0.39, 0.29) is 16.1 Å². The molecule has 0 saturated carbocycles. The van der Waals surface area contributed by atoms with Crippen LogP contribution in [-0.2, 0) is 0 Å². The molecule has 0 spiro atoms. The second kappa shape index (κ2) is 4.96. The van der Waals surface area contributed by atoms with E-state index in [0.717, 1.165) is 36.4 Å². The third kappa shape index (κ3) is 2.80. The van der Waals surface area contributed by atoms with E-state index in [0.29, 0.717) is 0 Å². The van der Waals surface area contributed by atoms with Crippen LogP contribution in [0.1, 0.15) is 13.8 Å². The second-order valence-electron chi connectivity index (χ2n) is 6.04. The van der Waals surface area contributed by atoms with Gasteiger partial charge in [-0.25, -0.2) is 4.98 Å². The number of nitro benzene ring substituents is 1. The van der Waals surface area contributed by atoms with E-state index in [4.69, 9.17) is 0 Å². The van der Waals surface area contributed by atoms with Crippen molar-refractivity contribution in [1.82, 2.24) is 10.3 Å². The molecular weight excluding hydrogens is 268 g/mol. The fourth-order valence-corrected chi connectivity index (χ4v) is 2.73. The summed E-state index contributed by atoms with van der Waals surface area (Å²) >= 11 is 0. The maximum absolute atomic E-state index is 10.8. The number of hydrogen-bond donors (Lipinski definition) is 1. The highest BCUT2D eigenvalue weighted by Gasteiger charge is 2.26. The van der Waals surface area contributed by atoms with E-state index < -0.39 is 0 Å². The molecule has 1 saturated heterocycles. The predicted octanol–water partition coefficient (Wildman–Crippen LogP) is 2.33. The Hall–Kier alpha value is -2.21. The largest absolute Gasteiger partial charge is 0.353 e. The number of benzene rings is 1. The van der Waals surface area contributed by atoms with Crippen molar-refractivity contribution in [2.45, 2.75) is 19.4 Å². The lowest BCUT2D eigenvalue weighted by molar-refractivity contribution is -0.384. The van der Waals surface area contributed by atoms with E-state index in [1.165, 1.54) is 6.07 Å². The SMILES string of the molecule is CC1(C)CN(c2ccc3cc([N+](=O)[O-])ccc3n2)CCN1. The van der Waals surface area contributed by atoms with Crippen molar-refractivity contribution in [2.24, 2.45) is 0 Å². The fourth-order valence-electron chi connectivity index (χ4n) is 2.73. The minimum absolute atomic E-state index is 0.0599. The minimum atomic E-state index is -0.383. The van der Waals surface area contributed by atoms with Crippen LogP contribution < -0.4 is 10.2 Å². The van der Waals surface area contributed by atoms with Crippen molar-refractivity contribution < 1.29 is 4.92 Å². The van der Waals surface area contributed by atoms with Crippen LogP contribution in [-0.4, -0.2) is 35.1 Å². The first-order valence-corrected chi connectivity index (χ1v) is 7.00. The number of pyridine rings is 1. The van der Waals surface area contributed by atoms with Crippen LogP contribution in [0.4, 0.5) is 11.5 Å². The van der Waals surface area contributed by atoms with Crippen LogP contribution in [0.25, 0.3) is 10.9 Å². The summed E-state index contributed by atoms with van der Waals surface area (Å²) in [5, 5.41) is 15.1. The molecule has 6 heteroatoms. The minimum Gasteiger partial charge on any atom is -0.353 e. The maximum atomic E-state index is 10.8. The fraction of sp³-hybridized carbons (Fsp3) is 0.400. The number of fused-ring (bicyclic) bond motifs is 1. The Morgan fingerprint density at radius 3 is 2.86 bits per heavy atom. The maximum Gasteiger partial charge on any atom is 0.270 e. The third-order valence-electron chi connectivity index (χ3n) is 3.76. The Bertz CT molecular complexity index is 699. The van der Waals surface area contributed by atoms with Crippen molar-refractivity contribution in [3.8, 4) is 0 Å². The Balaban J connectivity index is 1.94. The van der Waals surface area contributed by atoms with Gasteiger partial charge in [0.1, 0.15) is 5.82 Å². The average Bonchev–Trinajstić information content (AvgIpc) is 2.45. The summed E-state index contributed by atoms with van der Waals surface area (Å²) in [6.07, 6.45) is 0.